The first kappa shape index (κ1) is 22.1. The van der Waals surface area contributed by atoms with E-state index in [0.29, 0.717) is 37.9 Å². The van der Waals surface area contributed by atoms with Crippen LogP contribution in [-0.2, 0) is 9.53 Å². The molecule has 1 saturated carbocycles. The Morgan fingerprint density at radius 3 is 2.74 bits per heavy atom. The number of aromatic nitrogens is 5. The van der Waals surface area contributed by atoms with Crippen LogP contribution in [0.4, 0.5) is 20.3 Å². The van der Waals surface area contributed by atoms with Crippen molar-refractivity contribution in [3.8, 4) is 0 Å². The second-order valence-corrected chi connectivity index (χ2v) is 9.48. The van der Waals surface area contributed by atoms with Crippen LogP contribution in [0.1, 0.15) is 60.6 Å². The summed E-state index contributed by atoms with van der Waals surface area (Å²) in [5, 5.41) is 10.9. The summed E-state index contributed by atoms with van der Waals surface area (Å²) in [6, 6.07) is 2.02. The number of rotatable bonds is 6. The lowest BCUT2D eigenvalue weighted by molar-refractivity contribution is -0.112. The van der Waals surface area contributed by atoms with E-state index in [9.17, 15) is 18.4 Å². The molecule has 5 heterocycles. The number of ether oxygens (including phenoxy) is 1. The van der Waals surface area contributed by atoms with E-state index < -0.39 is 18.0 Å². The second kappa shape index (κ2) is 8.67. The summed E-state index contributed by atoms with van der Waals surface area (Å²) in [7, 11) is 0. The zero-order valence-electron chi connectivity index (χ0n) is 18.9. The van der Waals surface area contributed by atoms with Crippen LogP contribution in [0.15, 0.2) is 24.7 Å². The maximum Gasteiger partial charge on any atom is 0.284 e. The van der Waals surface area contributed by atoms with Gasteiger partial charge in [-0.3, -0.25) is 9.48 Å². The van der Waals surface area contributed by atoms with Gasteiger partial charge in [-0.05, 0) is 38.2 Å². The second-order valence-electron chi connectivity index (χ2n) is 9.48. The molecule has 2 saturated heterocycles. The van der Waals surface area contributed by atoms with Gasteiger partial charge in [0.05, 0.1) is 36.7 Å². The van der Waals surface area contributed by atoms with Gasteiger partial charge in [-0.2, -0.15) is 10.2 Å². The van der Waals surface area contributed by atoms with Gasteiger partial charge in [-0.1, -0.05) is 0 Å². The van der Waals surface area contributed by atoms with Crippen molar-refractivity contribution in [1.29, 1.82) is 0 Å². The summed E-state index contributed by atoms with van der Waals surface area (Å²) in [6.45, 7) is 1.40. The van der Waals surface area contributed by atoms with Gasteiger partial charge >= 0.3 is 0 Å². The molecule has 3 aromatic heterocycles. The normalized spacial score (nSPS) is 26.1. The van der Waals surface area contributed by atoms with Crippen molar-refractivity contribution >= 4 is 29.3 Å². The number of aldehydes is 1. The Morgan fingerprint density at radius 2 is 2.06 bits per heavy atom. The summed E-state index contributed by atoms with van der Waals surface area (Å²) in [5.74, 6) is 0.156. The van der Waals surface area contributed by atoms with Crippen molar-refractivity contribution in [1.82, 2.24) is 24.4 Å². The molecule has 3 aliphatic rings. The molecule has 10 nitrogen and oxygen atoms in total. The molecule has 3 aromatic rings. The van der Waals surface area contributed by atoms with Crippen molar-refractivity contribution in [2.75, 3.05) is 23.4 Å². The highest BCUT2D eigenvalue weighted by molar-refractivity contribution is 6.08. The van der Waals surface area contributed by atoms with E-state index in [-0.39, 0.29) is 35.4 Å². The van der Waals surface area contributed by atoms with Crippen LogP contribution >= 0.6 is 0 Å². The van der Waals surface area contributed by atoms with Crippen molar-refractivity contribution in [3.63, 3.8) is 0 Å². The van der Waals surface area contributed by atoms with Crippen LogP contribution in [0.2, 0.25) is 0 Å². The summed E-state index contributed by atoms with van der Waals surface area (Å²) in [6.07, 6.45) is 6.56. The smallest absolute Gasteiger partial charge is 0.284 e. The molecule has 1 N–H and O–H groups in total. The highest BCUT2D eigenvalue weighted by Crippen LogP contribution is 2.35. The zero-order chi connectivity index (χ0) is 24.1. The van der Waals surface area contributed by atoms with E-state index in [1.165, 1.54) is 21.6 Å². The molecule has 2 aliphatic heterocycles. The molecule has 3 fully saturated rings. The number of hydrogen-bond acceptors (Lipinski definition) is 7. The predicted octanol–water partition coefficient (Wildman–Crippen LogP) is 3.02. The van der Waals surface area contributed by atoms with Gasteiger partial charge in [-0.25, -0.2) is 18.3 Å². The lowest BCUT2D eigenvalue weighted by Crippen LogP contribution is -2.37. The number of carbonyl (C=O) groups is 2. The molecule has 6 rings (SSSR count). The molecule has 0 aromatic carbocycles. The standard InChI is InChI=1S/C23H25F2N7O3/c24-21(25)20-18(10-32(29-20)14-3-1-13(11-33)2-4-14)27-23(34)17-8-26-31-6-5-19(28-22(17)31)30-9-16-7-15(30)12-35-16/h5-6,8,10-11,13-16,21H,1-4,7,9,12H2,(H,27,34)/t13-,14+,15-,16-/m1/s1. The molecule has 184 valence electrons. The maximum atomic E-state index is 13.8. The van der Waals surface area contributed by atoms with Gasteiger partial charge in [0.1, 0.15) is 17.7 Å². The fourth-order valence-corrected chi connectivity index (χ4v) is 5.40. The highest BCUT2D eigenvalue weighted by Gasteiger charge is 2.39. The van der Waals surface area contributed by atoms with E-state index >= 15 is 0 Å². The number of nitrogens with one attached hydrogen (secondary N) is 1. The summed E-state index contributed by atoms with van der Waals surface area (Å²) < 4.78 is 36.1. The first-order chi connectivity index (χ1) is 17.0. The Balaban J connectivity index is 1.25. The minimum atomic E-state index is -2.85. The van der Waals surface area contributed by atoms with Crippen LogP contribution in [0.5, 0.6) is 0 Å². The first-order valence-corrected chi connectivity index (χ1v) is 11.9. The van der Waals surface area contributed by atoms with Crippen LogP contribution in [0.25, 0.3) is 5.65 Å². The number of hydrogen-bond donors (Lipinski definition) is 1. The molecule has 0 spiro atoms. The van der Waals surface area contributed by atoms with E-state index in [1.807, 2.05) is 6.07 Å². The van der Waals surface area contributed by atoms with Crippen molar-refractivity contribution in [3.05, 3.63) is 35.9 Å². The maximum absolute atomic E-state index is 13.8. The number of nitrogens with zero attached hydrogens (tertiary/aromatic N) is 6. The monoisotopic (exact) mass is 485 g/mol. The number of morpholine rings is 1. The Kier molecular flexibility index (Phi) is 5.47. The van der Waals surface area contributed by atoms with Crippen molar-refractivity contribution < 1.29 is 23.1 Å². The number of fused-ring (bicyclic) bond motifs is 3. The third-order valence-corrected chi connectivity index (χ3v) is 7.32. The Morgan fingerprint density at radius 1 is 1.23 bits per heavy atom. The molecular formula is C23H25F2N7O3. The molecule has 1 amide bonds. The van der Waals surface area contributed by atoms with Crippen LogP contribution in [0.3, 0.4) is 0 Å². The summed E-state index contributed by atoms with van der Waals surface area (Å²) in [5.41, 5.74) is 0.0230. The fraction of sp³-hybridized carbons (Fsp3) is 0.522. The molecule has 2 bridgehead atoms. The molecule has 2 atom stereocenters. The summed E-state index contributed by atoms with van der Waals surface area (Å²) >= 11 is 0. The van der Waals surface area contributed by atoms with Gasteiger partial charge in [0.2, 0.25) is 0 Å². The van der Waals surface area contributed by atoms with Crippen molar-refractivity contribution in [2.45, 2.75) is 56.7 Å². The fourth-order valence-electron chi connectivity index (χ4n) is 5.40. The van der Waals surface area contributed by atoms with Gasteiger partial charge in [0.15, 0.2) is 11.3 Å². The van der Waals surface area contributed by atoms with Crippen LogP contribution in [-0.4, -0.2) is 61.9 Å². The van der Waals surface area contributed by atoms with Gasteiger partial charge in [-0.15, -0.1) is 0 Å². The average molecular weight is 485 g/mol. The average Bonchev–Trinajstić information content (AvgIpc) is 3.66. The summed E-state index contributed by atoms with van der Waals surface area (Å²) in [4.78, 5) is 31.0. The minimum absolute atomic E-state index is 0.00632. The third-order valence-electron chi connectivity index (χ3n) is 7.32. The van der Waals surface area contributed by atoms with E-state index in [4.69, 9.17) is 4.74 Å². The van der Waals surface area contributed by atoms with Gasteiger partial charge in [0.25, 0.3) is 12.3 Å². The van der Waals surface area contributed by atoms with E-state index in [2.05, 4.69) is 25.4 Å². The van der Waals surface area contributed by atoms with Crippen molar-refractivity contribution in [2.24, 2.45) is 5.92 Å². The van der Waals surface area contributed by atoms with E-state index in [0.717, 1.165) is 25.1 Å². The lowest BCUT2D eigenvalue weighted by Gasteiger charge is -2.27. The Labute approximate surface area is 199 Å². The lowest BCUT2D eigenvalue weighted by atomic mass is 9.87. The zero-order valence-corrected chi connectivity index (χ0v) is 18.9. The molecule has 0 radical (unpaired) electrons. The van der Waals surface area contributed by atoms with Crippen LogP contribution in [0, 0.1) is 5.92 Å². The van der Waals surface area contributed by atoms with Gasteiger partial charge < -0.3 is 19.7 Å². The number of amides is 1. The SMILES string of the molecule is O=C[C@H]1CC[C@@H](n2cc(NC(=O)c3cnn4ccc(N5C[C@H]6C[C@@H]5CO6)nc34)c(C(F)F)n2)CC1. The number of carbonyl (C=O) groups excluding carboxylic acids is 2. The quantitative estimate of drug-likeness (QED) is 0.535. The Bertz CT molecular complexity index is 1270. The Hall–Kier alpha value is -3.41. The first-order valence-electron chi connectivity index (χ1n) is 11.9. The predicted molar refractivity (Wildman–Crippen MR) is 121 cm³/mol. The molecule has 1 aliphatic carbocycles. The molecule has 12 heteroatoms. The topological polar surface area (TPSA) is 107 Å². The highest BCUT2D eigenvalue weighted by atomic mass is 19.3. The molecular weight excluding hydrogens is 460 g/mol. The number of anilines is 2. The largest absolute Gasteiger partial charge is 0.374 e. The molecule has 0 unspecified atom stereocenters. The number of alkyl halides is 2. The van der Waals surface area contributed by atoms with Gasteiger partial charge in [0, 0.05) is 24.9 Å². The third kappa shape index (κ3) is 3.95. The minimum Gasteiger partial charge on any atom is -0.374 e. The van der Waals surface area contributed by atoms with Crippen LogP contribution < -0.4 is 10.2 Å². The molecule has 35 heavy (non-hydrogen) atoms. The number of halogens is 2. The van der Waals surface area contributed by atoms with E-state index in [1.54, 1.807) is 6.20 Å².